The molecule has 0 unspecified atom stereocenters. The summed E-state index contributed by atoms with van der Waals surface area (Å²) in [5, 5.41) is 0. The molecule has 0 radical (unpaired) electrons. The van der Waals surface area contributed by atoms with E-state index in [0.717, 1.165) is 34.3 Å². The summed E-state index contributed by atoms with van der Waals surface area (Å²) in [6, 6.07) is 38.3. The Labute approximate surface area is 253 Å². The van der Waals surface area contributed by atoms with Crippen LogP contribution in [0.3, 0.4) is 0 Å². The monoisotopic (exact) mass is 578 g/mol. The maximum absolute atomic E-state index is 13.2. The lowest BCUT2D eigenvalue weighted by molar-refractivity contribution is -0.186. The molecule has 6 heteroatoms. The maximum atomic E-state index is 13.2. The van der Waals surface area contributed by atoms with Gasteiger partial charge in [-0.15, -0.1) is 0 Å². The highest BCUT2D eigenvalue weighted by Gasteiger charge is 2.63. The van der Waals surface area contributed by atoms with Gasteiger partial charge in [0.15, 0.2) is 5.79 Å². The molecule has 0 aromatic heterocycles. The van der Waals surface area contributed by atoms with Crippen LogP contribution in [0.15, 0.2) is 115 Å². The Balaban J connectivity index is 1.35. The maximum Gasteiger partial charge on any atom is 0.163 e. The average Bonchev–Trinajstić information content (AvgIpc) is 3.53. The minimum Gasteiger partial charge on any atom is -0.497 e. The Bertz CT molecular complexity index is 1390. The molecule has 43 heavy (non-hydrogen) atoms. The molecule has 1 aliphatic carbocycles. The highest BCUT2D eigenvalue weighted by Crippen LogP contribution is 2.51. The second-order valence-corrected chi connectivity index (χ2v) is 11.8. The van der Waals surface area contributed by atoms with Gasteiger partial charge in [-0.25, -0.2) is 0 Å². The quantitative estimate of drug-likeness (QED) is 0.146. The van der Waals surface area contributed by atoms with Crippen molar-refractivity contribution in [1.29, 1.82) is 0 Å². The van der Waals surface area contributed by atoms with Crippen molar-refractivity contribution in [3.63, 3.8) is 0 Å². The van der Waals surface area contributed by atoms with Crippen molar-refractivity contribution in [1.82, 2.24) is 0 Å². The number of ether oxygens (including phenoxy) is 5. The molecule has 0 amide bonds. The largest absolute Gasteiger partial charge is 0.497 e. The van der Waals surface area contributed by atoms with Crippen LogP contribution in [0.1, 0.15) is 42.5 Å². The van der Waals surface area contributed by atoms with Gasteiger partial charge in [0.2, 0.25) is 0 Å². The minimum atomic E-state index is -0.993. The molecule has 4 aromatic rings. The summed E-state index contributed by atoms with van der Waals surface area (Å²) in [6.07, 6.45) is 0.106. The summed E-state index contributed by atoms with van der Waals surface area (Å²) in [5.41, 5.74) is 1.96. The van der Waals surface area contributed by atoms with Crippen LogP contribution in [0, 0.1) is 5.41 Å². The topological polar surface area (TPSA) is 63.2 Å². The molecular weight excluding hydrogens is 540 g/mol. The molecule has 4 atom stereocenters. The van der Waals surface area contributed by atoms with E-state index in [1.165, 1.54) is 0 Å². The smallest absolute Gasteiger partial charge is 0.163 e. The van der Waals surface area contributed by atoms with Crippen LogP contribution in [0.4, 0.5) is 0 Å². The molecule has 6 rings (SSSR count). The third-order valence-electron chi connectivity index (χ3n) is 8.60. The van der Waals surface area contributed by atoms with Crippen LogP contribution in [0.2, 0.25) is 0 Å². The second-order valence-electron chi connectivity index (χ2n) is 11.8. The second kappa shape index (κ2) is 12.1. The fourth-order valence-electron chi connectivity index (χ4n) is 6.49. The van der Waals surface area contributed by atoms with E-state index in [-0.39, 0.29) is 12.7 Å². The van der Waals surface area contributed by atoms with Gasteiger partial charge in [-0.3, -0.25) is 0 Å². The van der Waals surface area contributed by atoms with Crippen LogP contribution in [-0.2, 0) is 35.9 Å². The van der Waals surface area contributed by atoms with E-state index in [1.807, 2.05) is 92.7 Å². The summed E-state index contributed by atoms with van der Waals surface area (Å²) in [7, 11) is 1.65. The number of aldehydes is 1. The van der Waals surface area contributed by atoms with Gasteiger partial charge in [0, 0.05) is 0 Å². The average molecular weight is 579 g/mol. The van der Waals surface area contributed by atoms with Crippen LogP contribution in [-0.4, -0.2) is 44.1 Å². The van der Waals surface area contributed by atoms with Gasteiger partial charge in [0.05, 0.1) is 31.8 Å². The van der Waals surface area contributed by atoms with Gasteiger partial charge in [-0.1, -0.05) is 103 Å². The number of carbonyl (C=O) groups excluding carboxylic acids is 1. The van der Waals surface area contributed by atoms with Gasteiger partial charge in [-0.2, -0.15) is 0 Å². The van der Waals surface area contributed by atoms with Crippen molar-refractivity contribution >= 4 is 6.29 Å². The molecule has 0 N–H and O–H groups in total. The summed E-state index contributed by atoms with van der Waals surface area (Å²) in [4.78, 5) is 13.2. The molecule has 1 aliphatic heterocycles. The lowest BCUT2D eigenvalue weighted by atomic mass is 9.79. The highest BCUT2D eigenvalue weighted by molar-refractivity contribution is 5.63. The molecule has 0 spiro atoms. The standard InChI is InChI=1S/C37H38O6/c1-35(2)42-33-32(40-24-27-19-21-31(39-3)22-20-27)23-36(25-38,34(33)43-35)26-41-37(28-13-7-4-8-14-28,29-15-9-5-10-16-29)30-17-11-6-12-18-30/h4-22,25,32-34H,23-24,26H2,1-3H3/t32-,33-,34-,36+/m0/s1. The summed E-state index contributed by atoms with van der Waals surface area (Å²) < 4.78 is 31.7. The van der Waals surface area contributed by atoms with E-state index in [4.69, 9.17) is 23.7 Å². The number of hydrogen-bond acceptors (Lipinski definition) is 6. The highest BCUT2D eigenvalue weighted by atomic mass is 16.8. The fraction of sp³-hybridized carbons (Fsp3) is 0.324. The molecule has 1 saturated carbocycles. The van der Waals surface area contributed by atoms with E-state index in [9.17, 15) is 4.79 Å². The molecule has 6 nitrogen and oxygen atoms in total. The van der Waals surface area contributed by atoms with E-state index in [0.29, 0.717) is 13.0 Å². The number of benzene rings is 4. The lowest BCUT2D eigenvalue weighted by Gasteiger charge is -2.39. The summed E-state index contributed by atoms with van der Waals surface area (Å²) in [5.74, 6) is -0.0731. The van der Waals surface area contributed by atoms with Crippen LogP contribution in [0.25, 0.3) is 0 Å². The molecule has 222 valence electrons. The van der Waals surface area contributed by atoms with Crippen molar-refractivity contribution in [3.05, 3.63) is 138 Å². The Morgan fingerprint density at radius 3 is 1.81 bits per heavy atom. The Morgan fingerprint density at radius 1 is 0.791 bits per heavy atom. The third kappa shape index (κ3) is 5.64. The molecule has 4 aromatic carbocycles. The van der Waals surface area contributed by atoms with Crippen molar-refractivity contribution in [2.75, 3.05) is 13.7 Å². The summed E-state index contributed by atoms with van der Waals surface area (Å²) in [6.45, 7) is 4.24. The minimum absolute atomic E-state index is 0.109. The predicted molar refractivity (Wildman–Crippen MR) is 164 cm³/mol. The number of methoxy groups -OCH3 is 1. The van der Waals surface area contributed by atoms with Gasteiger partial charge in [-0.05, 0) is 54.7 Å². The number of fused-ring (bicyclic) bond motifs is 1. The zero-order valence-corrected chi connectivity index (χ0v) is 24.8. The van der Waals surface area contributed by atoms with Crippen LogP contribution in [0.5, 0.6) is 5.75 Å². The van der Waals surface area contributed by atoms with Crippen molar-refractivity contribution in [2.45, 2.75) is 56.6 Å². The molecule has 2 aliphatic rings. The first kappa shape index (κ1) is 29.3. The first-order valence-corrected chi connectivity index (χ1v) is 14.8. The normalized spacial score (nSPS) is 24.4. The first-order chi connectivity index (χ1) is 20.9. The van der Waals surface area contributed by atoms with Crippen molar-refractivity contribution in [2.24, 2.45) is 5.41 Å². The number of hydrogen-bond donors (Lipinski definition) is 0. The Kier molecular flexibility index (Phi) is 8.21. The van der Waals surface area contributed by atoms with E-state index < -0.39 is 29.0 Å². The Hall–Kier alpha value is -3.81. The lowest BCUT2D eigenvalue weighted by Crippen LogP contribution is -2.44. The van der Waals surface area contributed by atoms with Crippen molar-refractivity contribution < 1.29 is 28.5 Å². The molecule has 1 heterocycles. The molecule has 1 saturated heterocycles. The third-order valence-corrected chi connectivity index (χ3v) is 8.60. The van der Waals surface area contributed by atoms with E-state index in [2.05, 4.69) is 36.4 Å². The zero-order chi connectivity index (χ0) is 29.9. The molecular formula is C37H38O6. The van der Waals surface area contributed by atoms with Gasteiger partial charge < -0.3 is 28.5 Å². The molecule has 2 fully saturated rings. The zero-order valence-electron chi connectivity index (χ0n) is 24.8. The number of rotatable bonds is 11. The number of carbonyl (C=O) groups is 1. The van der Waals surface area contributed by atoms with E-state index >= 15 is 0 Å². The predicted octanol–water partition coefficient (Wildman–Crippen LogP) is 6.70. The SMILES string of the molecule is COc1ccc(CO[C@H]2C[C@@](C=O)(COC(c3ccccc3)(c3ccccc3)c3ccccc3)[C@H]3OC(C)(C)O[C@@H]23)cc1. The molecule has 0 bridgehead atoms. The fourth-order valence-corrected chi connectivity index (χ4v) is 6.49. The summed E-state index contributed by atoms with van der Waals surface area (Å²) >= 11 is 0. The van der Waals surface area contributed by atoms with E-state index in [1.54, 1.807) is 7.11 Å². The van der Waals surface area contributed by atoms with Gasteiger partial charge in [0.25, 0.3) is 0 Å². The van der Waals surface area contributed by atoms with Crippen LogP contribution < -0.4 is 4.74 Å². The first-order valence-electron chi connectivity index (χ1n) is 14.8. The Morgan fingerprint density at radius 2 is 1.33 bits per heavy atom. The van der Waals surface area contributed by atoms with Gasteiger partial charge >= 0.3 is 0 Å². The van der Waals surface area contributed by atoms with Gasteiger partial charge in [0.1, 0.15) is 29.8 Å². The van der Waals surface area contributed by atoms with Crippen LogP contribution >= 0.6 is 0 Å². The van der Waals surface area contributed by atoms with Crippen molar-refractivity contribution in [3.8, 4) is 5.75 Å².